The Morgan fingerprint density at radius 3 is 2.67 bits per heavy atom. The third kappa shape index (κ3) is 0.995. The van der Waals surface area contributed by atoms with Crippen LogP contribution in [-0.4, -0.2) is 10.2 Å². The largest absolute Gasteiger partial charge is 0.463 e. The Morgan fingerprint density at radius 2 is 1.92 bits per heavy atom. The van der Waals surface area contributed by atoms with Crippen LogP contribution in [0.25, 0.3) is 10.8 Å². The zero-order chi connectivity index (χ0) is 8.55. The number of benzene rings is 1. The lowest BCUT2D eigenvalue weighted by Crippen LogP contribution is -1.91. The third-order valence-electron chi connectivity index (χ3n) is 1.77. The van der Waals surface area contributed by atoms with Crippen molar-refractivity contribution < 1.29 is 14.6 Å². The molecule has 2 rings (SSSR count). The van der Waals surface area contributed by atoms with Crippen LogP contribution in [0, 0.1) is 0 Å². The first-order valence-electron chi connectivity index (χ1n) is 3.61. The van der Waals surface area contributed by atoms with Gasteiger partial charge in [0.1, 0.15) is 0 Å². The Labute approximate surface area is 68.9 Å². The van der Waals surface area contributed by atoms with Crippen molar-refractivity contribution in [1.29, 1.82) is 0 Å². The van der Waals surface area contributed by atoms with E-state index in [4.69, 9.17) is 14.6 Å². The molecule has 2 aromatic rings. The van der Waals surface area contributed by atoms with E-state index in [-0.39, 0.29) is 5.76 Å². The van der Waals surface area contributed by atoms with Crippen molar-refractivity contribution in [3.63, 3.8) is 0 Å². The number of hydrogen-bond acceptors (Lipinski definition) is 3. The molecule has 1 aromatic heterocycles. The van der Waals surface area contributed by atoms with Crippen molar-refractivity contribution in [3.8, 4) is 0 Å². The maximum Gasteiger partial charge on any atom is 0.212 e. The zero-order valence-corrected chi connectivity index (χ0v) is 6.27. The molecule has 1 heterocycles. The van der Waals surface area contributed by atoms with E-state index in [0.717, 1.165) is 10.8 Å². The minimum absolute atomic E-state index is 0.200. The molecule has 2 N–H and O–H groups in total. The second-order valence-corrected chi connectivity index (χ2v) is 2.56. The summed E-state index contributed by atoms with van der Waals surface area (Å²) in [5, 5.41) is 19.4. The number of aliphatic hydroxyl groups excluding tert-OH is 1. The van der Waals surface area contributed by atoms with Gasteiger partial charge in [-0.3, -0.25) is 0 Å². The van der Waals surface area contributed by atoms with Gasteiger partial charge in [-0.25, -0.2) is 0 Å². The number of aliphatic hydroxyl groups is 2. The first kappa shape index (κ1) is 7.34. The quantitative estimate of drug-likeness (QED) is 0.626. The number of fused-ring (bicyclic) bond motifs is 1. The predicted molar refractivity (Wildman–Crippen MR) is 43.4 cm³/mol. The Morgan fingerprint density at radius 1 is 1.17 bits per heavy atom. The third-order valence-corrected chi connectivity index (χ3v) is 1.77. The summed E-state index contributed by atoms with van der Waals surface area (Å²) in [6.07, 6.45) is -0.0331. The van der Waals surface area contributed by atoms with E-state index < -0.39 is 6.29 Å². The molecule has 0 unspecified atom stereocenters. The molecule has 1 aromatic carbocycles. The topological polar surface area (TPSA) is 53.6 Å². The van der Waals surface area contributed by atoms with Crippen LogP contribution in [0.4, 0.5) is 0 Å². The SMILES string of the molecule is OC(O)c1occ2ccccc12. The zero-order valence-electron chi connectivity index (χ0n) is 6.27. The van der Waals surface area contributed by atoms with Crippen LogP contribution in [0.5, 0.6) is 0 Å². The first-order chi connectivity index (χ1) is 5.79. The van der Waals surface area contributed by atoms with Crippen LogP contribution in [0.1, 0.15) is 12.1 Å². The highest BCUT2D eigenvalue weighted by atomic mass is 16.5. The molecule has 0 spiro atoms. The van der Waals surface area contributed by atoms with Gasteiger partial charge in [-0.2, -0.15) is 0 Å². The van der Waals surface area contributed by atoms with Gasteiger partial charge in [-0.1, -0.05) is 24.3 Å². The molecule has 3 nitrogen and oxygen atoms in total. The van der Waals surface area contributed by atoms with Gasteiger partial charge in [-0.15, -0.1) is 0 Å². The molecule has 0 aliphatic rings. The average Bonchev–Trinajstić information content (AvgIpc) is 2.47. The van der Waals surface area contributed by atoms with Crippen LogP contribution in [0.2, 0.25) is 0 Å². The summed E-state index contributed by atoms with van der Waals surface area (Å²) in [6.45, 7) is 0. The highest BCUT2D eigenvalue weighted by molar-refractivity contribution is 5.84. The minimum atomic E-state index is -1.54. The summed E-state index contributed by atoms with van der Waals surface area (Å²) in [5.74, 6) is 0.200. The monoisotopic (exact) mass is 164 g/mol. The van der Waals surface area contributed by atoms with Crippen LogP contribution >= 0.6 is 0 Å². The maximum absolute atomic E-state index is 8.87. The highest BCUT2D eigenvalue weighted by Gasteiger charge is 2.11. The standard InChI is InChI=1S/C9H8O3/c10-9(11)8-7-4-2-1-3-6(7)5-12-8/h1-5,9-11H. The summed E-state index contributed by atoms with van der Waals surface area (Å²) >= 11 is 0. The molecule has 0 atom stereocenters. The Balaban J connectivity index is 2.70. The normalized spacial score (nSPS) is 11.2. The lowest BCUT2D eigenvalue weighted by Gasteiger charge is -1.97. The molecular weight excluding hydrogens is 156 g/mol. The van der Waals surface area contributed by atoms with Gasteiger partial charge in [0, 0.05) is 10.8 Å². The molecule has 0 fully saturated rings. The maximum atomic E-state index is 8.87. The molecular formula is C9H8O3. The highest BCUT2D eigenvalue weighted by Crippen LogP contribution is 2.24. The van der Waals surface area contributed by atoms with Gasteiger partial charge in [0.2, 0.25) is 6.29 Å². The molecule has 0 aliphatic carbocycles. The van der Waals surface area contributed by atoms with E-state index in [1.807, 2.05) is 18.2 Å². The van der Waals surface area contributed by atoms with Crippen LogP contribution in [0.15, 0.2) is 34.9 Å². The number of rotatable bonds is 1. The van der Waals surface area contributed by atoms with Gasteiger partial charge in [-0.05, 0) is 0 Å². The van der Waals surface area contributed by atoms with E-state index in [1.165, 1.54) is 6.26 Å². The molecule has 0 radical (unpaired) electrons. The van der Waals surface area contributed by atoms with Crippen molar-refractivity contribution in [2.75, 3.05) is 0 Å². The van der Waals surface area contributed by atoms with E-state index >= 15 is 0 Å². The van der Waals surface area contributed by atoms with E-state index in [1.54, 1.807) is 6.07 Å². The minimum Gasteiger partial charge on any atom is -0.463 e. The van der Waals surface area contributed by atoms with Crippen molar-refractivity contribution in [3.05, 3.63) is 36.3 Å². The summed E-state index contributed by atoms with van der Waals surface area (Å²) in [5.41, 5.74) is 0. The smallest absolute Gasteiger partial charge is 0.212 e. The fraction of sp³-hybridized carbons (Fsp3) is 0.111. The van der Waals surface area contributed by atoms with Crippen LogP contribution in [0.3, 0.4) is 0 Å². The molecule has 3 heteroatoms. The van der Waals surface area contributed by atoms with Crippen molar-refractivity contribution in [2.45, 2.75) is 6.29 Å². The fourth-order valence-corrected chi connectivity index (χ4v) is 1.21. The molecule has 12 heavy (non-hydrogen) atoms. The lowest BCUT2D eigenvalue weighted by molar-refractivity contribution is -0.0566. The molecule has 62 valence electrons. The van der Waals surface area contributed by atoms with E-state index in [2.05, 4.69) is 0 Å². The number of hydrogen-bond donors (Lipinski definition) is 2. The number of furan rings is 1. The van der Waals surface area contributed by atoms with Gasteiger partial charge < -0.3 is 14.6 Å². The summed E-state index contributed by atoms with van der Waals surface area (Å²) < 4.78 is 4.98. The molecule has 0 amide bonds. The van der Waals surface area contributed by atoms with Gasteiger partial charge in [0.15, 0.2) is 5.76 Å². The molecule has 0 aliphatic heterocycles. The van der Waals surface area contributed by atoms with Crippen molar-refractivity contribution in [2.24, 2.45) is 0 Å². The van der Waals surface area contributed by atoms with E-state index in [9.17, 15) is 0 Å². The van der Waals surface area contributed by atoms with E-state index in [0.29, 0.717) is 0 Å². The van der Waals surface area contributed by atoms with Crippen LogP contribution in [-0.2, 0) is 0 Å². The van der Waals surface area contributed by atoms with Crippen LogP contribution < -0.4 is 0 Å². The Bertz CT molecular complexity index is 389. The second kappa shape index (κ2) is 2.62. The Kier molecular flexibility index (Phi) is 1.60. The average molecular weight is 164 g/mol. The first-order valence-corrected chi connectivity index (χ1v) is 3.61. The molecule has 0 saturated carbocycles. The lowest BCUT2D eigenvalue weighted by atomic mass is 10.2. The van der Waals surface area contributed by atoms with Crippen molar-refractivity contribution >= 4 is 10.8 Å². The Hall–Kier alpha value is -1.32. The molecule has 0 bridgehead atoms. The summed E-state index contributed by atoms with van der Waals surface area (Å²) in [4.78, 5) is 0. The van der Waals surface area contributed by atoms with Gasteiger partial charge >= 0.3 is 0 Å². The molecule has 0 saturated heterocycles. The second-order valence-electron chi connectivity index (χ2n) is 2.56. The predicted octanol–water partition coefficient (Wildman–Crippen LogP) is 1.42. The van der Waals surface area contributed by atoms with Gasteiger partial charge in [0.05, 0.1) is 6.26 Å². The fourth-order valence-electron chi connectivity index (χ4n) is 1.21. The summed E-state index contributed by atoms with van der Waals surface area (Å²) in [7, 11) is 0. The summed E-state index contributed by atoms with van der Waals surface area (Å²) in [6, 6.07) is 7.33. The van der Waals surface area contributed by atoms with Gasteiger partial charge in [0.25, 0.3) is 0 Å². The van der Waals surface area contributed by atoms with Crippen molar-refractivity contribution in [1.82, 2.24) is 0 Å².